The summed E-state index contributed by atoms with van der Waals surface area (Å²) in [6.45, 7) is 2.06. The summed E-state index contributed by atoms with van der Waals surface area (Å²) >= 11 is 0. The van der Waals surface area contributed by atoms with Gasteiger partial charge in [-0.1, -0.05) is 30.3 Å². The molecule has 0 aromatic heterocycles. The van der Waals surface area contributed by atoms with E-state index >= 15 is 0 Å². The van der Waals surface area contributed by atoms with Crippen molar-refractivity contribution in [3.8, 4) is 0 Å². The van der Waals surface area contributed by atoms with Crippen LogP contribution in [0.4, 0.5) is 0 Å². The van der Waals surface area contributed by atoms with Gasteiger partial charge in [0.25, 0.3) is 0 Å². The molecular weight excluding hydrogens is 224 g/mol. The minimum absolute atomic E-state index is 0.176. The Bertz CT molecular complexity index is 362. The largest absolute Gasteiger partial charge is 0.394 e. The monoisotopic (exact) mass is 248 g/mol. The maximum absolute atomic E-state index is 9.93. The highest BCUT2D eigenvalue weighted by molar-refractivity contribution is 5.27. The predicted octanol–water partition coefficient (Wildman–Crippen LogP) is 1.44. The van der Waals surface area contributed by atoms with Crippen molar-refractivity contribution < 1.29 is 5.11 Å². The van der Waals surface area contributed by atoms with Gasteiger partial charge in [0.15, 0.2) is 0 Å². The van der Waals surface area contributed by atoms with Crippen LogP contribution in [-0.4, -0.2) is 43.8 Å². The quantitative estimate of drug-likeness (QED) is 0.766. The van der Waals surface area contributed by atoms with E-state index in [9.17, 15) is 5.11 Å². The van der Waals surface area contributed by atoms with E-state index in [4.69, 9.17) is 0 Å². The molecule has 2 rings (SSSR count). The summed E-state index contributed by atoms with van der Waals surface area (Å²) in [6, 6.07) is 10.4. The Kier molecular flexibility index (Phi) is 4.38. The average molecular weight is 248 g/mol. The second-order valence-electron chi connectivity index (χ2n) is 5.50. The van der Waals surface area contributed by atoms with E-state index < -0.39 is 0 Å². The van der Waals surface area contributed by atoms with Crippen molar-refractivity contribution in [3.63, 3.8) is 0 Å². The van der Waals surface area contributed by atoms with Gasteiger partial charge in [-0.05, 0) is 38.4 Å². The molecule has 1 saturated carbocycles. The molecule has 0 aliphatic heterocycles. The maximum atomic E-state index is 9.93. The lowest BCUT2D eigenvalue weighted by Gasteiger charge is -2.34. The van der Waals surface area contributed by atoms with Gasteiger partial charge in [0.05, 0.1) is 12.1 Å². The maximum Gasteiger partial charge on any atom is 0.0698 e. The van der Waals surface area contributed by atoms with Crippen LogP contribution >= 0.6 is 0 Å². The van der Waals surface area contributed by atoms with Gasteiger partial charge in [-0.2, -0.15) is 0 Å². The number of nitrogens with one attached hydrogen (secondary N) is 1. The molecule has 0 spiro atoms. The van der Waals surface area contributed by atoms with Gasteiger partial charge in [0.2, 0.25) is 0 Å². The molecule has 1 atom stereocenters. The fraction of sp³-hybridized carbons (Fsp3) is 0.600. The first-order valence-corrected chi connectivity index (χ1v) is 6.75. The Hall–Kier alpha value is -0.900. The van der Waals surface area contributed by atoms with Gasteiger partial charge >= 0.3 is 0 Å². The SMILES string of the molecule is CN(C)CCNC(CO)(c1ccccc1)C1CC1. The number of rotatable bonds is 7. The van der Waals surface area contributed by atoms with Crippen molar-refractivity contribution in [3.05, 3.63) is 35.9 Å². The van der Waals surface area contributed by atoms with Crippen LogP contribution in [0.1, 0.15) is 18.4 Å². The average Bonchev–Trinajstić information content (AvgIpc) is 3.20. The van der Waals surface area contributed by atoms with Crippen LogP contribution in [0.3, 0.4) is 0 Å². The molecule has 1 aromatic rings. The summed E-state index contributed by atoms with van der Waals surface area (Å²) in [6.07, 6.45) is 2.43. The molecule has 0 radical (unpaired) electrons. The highest BCUT2D eigenvalue weighted by Gasteiger charge is 2.45. The molecular formula is C15H24N2O. The molecule has 0 bridgehead atoms. The smallest absolute Gasteiger partial charge is 0.0698 e. The normalized spacial score (nSPS) is 18.9. The van der Waals surface area contributed by atoms with Crippen molar-refractivity contribution in [2.75, 3.05) is 33.8 Å². The van der Waals surface area contributed by atoms with Crippen LogP contribution in [0.25, 0.3) is 0 Å². The summed E-state index contributed by atoms with van der Waals surface area (Å²) in [7, 11) is 4.14. The van der Waals surface area contributed by atoms with E-state index in [1.807, 2.05) is 6.07 Å². The Morgan fingerprint density at radius 2 is 1.94 bits per heavy atom. The van der Waals surface area contributed by atoms with Gasteiger partial charge in [0, 0.05) is 13.1 Å². The van der Waals surface area contributed by atoms with Gasteiger partial charge in [-0.25, -0.2) is 0 Å². The molecule has 1 aliphatic carbocycles. The molecule has 0 saturated heterocycles. The van der Waals surface area contributed by atoms with Gasteiger partial charge in [0.1, 0.15) is 0 Å². The van der Waals surface area contributed by atoms with Crippen LogP contribution in [0.2, 0.25) is 0 Å². The van der Waals surface area contributed by atoms with Crippen molar-refractivity contribution >= 4 is 0 Å². The summed E-state index contributed by atoms with van der Waals surface area (Å²) < 4.78 is 0. The summed E-state index contributed by atoms with van der Waals surface area (Å²) in [5.41, 5.74) is 0.978. The fourth-order valence-electron chi connectivity index (χ4n) is 2.57. The lowest BCUT2D eigenvalue weighted by molar-refractivity contribution is 0.136. The molecule has 1 fully saturated rings. The topological polar surface area (TPSA) is 35.5 Å². The fourth-order valence-corrected chi connectivity index (χ4v) is 2.57. The molecule has 1 unspecified atom stereocenters. The second-order valence-corrected chi connectivity index (χ2v) is 5.50. The summed E-state index contributed by atoms with van der Waals surface area (Å²) in [5, 5.41) is 13.5. The zero-order valence-electron chi connectivity index (χ0n) is 11.4. The molecule has 1 aromatic carbocycles. The summed E-state index contributed by atoms with van der Waals surface area (Å²) in [5.74, 6) is 0.576. The molecule has 18 heavy (non-hydrogen) atoms. The van der Waals surface area contributed by atoms with Gasteiger partial charge in [-0.3, -0.25) is 0 Å². The first kappa shape index (κ1) is 13.5. The third kappa shape index (κ3) is 2.91. The van der Waals surface area contributed by atoms with Crippen molar-refractivity contribution in [1.29, 1.82) is 0 Å². The van der Waals surface area contributed by atoms with Crippen LogP contribution in [0, 0.1) is 5.92 Å². The predicted molar refractivity (Wildman–Crippen MR) is 74.5 cm³/mol. The van der Waals surface area contributed by atoms with Crippen LogP contribution < -0.4 is 5.32 Å². The number of benzene rings is 1. The van der Waals surface area contributed by atoms with Gasteiger partial charge in [-0.15, -0.1) is 0 Å². The van der Waals surface area contributed by atoms with E-state index in [1.165, 1.54) is 18.4 Å². The standard InChI is InChI=1S/C15H24N2O/c1-17(2)11-10-16-15(12-18,14-8-9-14)13-6-4-3-5-7-13/h3-7,14,16,18H,8-12H2,1-2H3. The molecule has 0 heterocycles. The number of likely N-dealkylation sites (N-methyl/N-ethyl adjacent to an activating group) is 1. The number of hydrogen-bond acceptors (Lipinski definition) is 3. The molecule has 1 aliphatic rings. The first-order valence-electron chi connectivity index (χ1n) is 6.75. The highest BCUT2D eigenvalue weighted by Crippen LogP contribution is 2.45. The minimum atomic E-state index is -0.239. The van der Waals surface area contributed by atoms with Crippen molar-refractivity contribution in [2.45, 2.75) is 18.4 Å². The lowest BCUT2D eigenvalue weighted by Crippen LogP contribution is -2.49. The number of aliphatic hydroxyl groups is 1. The van der Waals surface area contributed by atoms with E-state index in [2.05, 4.69) is 48.6 Å². The third-order valence-electron chi connectivity index (χ3n) is 3.81. The Morgan fingerprint density at radius 3 is 2.44 bits per heavy atom. The number of aliphatic hydroxyl groups excluding tert-OH is 1. The Morgan fingerprint density at radius 1 is 1.28 bits per heavy atom. The number of hydrogen-bond donors (Lipinski definition) is 2. The number of nitrogens with zero attached hydrogens (tertiary/aromatic N) is 1. The van der Waals surface area contributed by atoms with Crippen molar-refractivity contribution in [2.24, 2.45) is 5.92 Å². The Balaban J connectivity index is 2.12. The third-order valence-corrected chi connectivity index (χ3v) is 3.81. The van der Waals surface area contributed by atoms with Crippen molar-refractivity contribution in [1.82, 2.24) is 10.2 Å². The second kappa shape index (κ2) is 5.83. The lowest BCUT2D eigenvalue weighted by atomic mass is 9.85. The van der Waals surface area contributed by atoms with E-state index in [0.29, 0.717) is 5.92 Å². The molecule has 3 heteroatoms. The molecule has 0 amide bonds. The minimum Gasteiger partial charge on any atom is -0.394 e. The highest BCUT2D eigenvalue weighted by atomic mass is 16.3. The van der Waals surface area contributed by atoms with E-state index in [0.717, 1.165) is 13.1 Å². The molecule has 3 nitrogen and oxygen atoms in total. The van der Waals surface area contributed by atoms with Gasteiger partial charge < -0.3 is 15.3 Å². The zero-order valence-corrected chi connectivity index (χ0v) is 11.4. The first-order chi connectivity index (χ1) is 8.69. The van der Waals surface area contributed by atoms with E-state index in [-0.39, 0.29) is 12.1 Å². The Labute approximate surface area is 110 Å². The zero-order chi connectivity index (χ0) is 13.0. The van der Waals surface area contributed by atoms with Crippen LogP contribution in [0.5, 0.6) is 0 Å². The summed E-state index contributed by atoms with van der Waals surface area (Å²) in [4.78, 5) is 2.16. The van der Waals surface area contributed by atoms with Crippen LogP contribution in [-0.2, 0) is 5.54 Å². The molecule has 100 valence electrons. The molecule has 2 N–H and O–H groups in total. The van der Waals surface area contributed by atoms with E-state index in [1.54, 1.807) is 0 Å². The van der Waals surface area contributed by atoms with Crippen LogP contribution in [0.15, 0.2) is 30.3 Å².